The molecule has 1 N–H and O–H groups in total. The molecule has 0 aromatic carbocycles. The van der Waals surface area contributed by atoms with Gasteiger partial charge in [-0.2, -0.15) is 0 Å². The Morgan fingerprint density at radius 1 is 1.15 bits per heavy atom. The third kappa shape index (κ3) is 4.98. The fraction of sp³-hybridized carbons (Fsp3) is 0.941. The van der Waals surface area contributed by atoms with E-state index in [9.17, 15) is 0 Å². The van der Waals surface area contributed by atoms with E-state index in [1.54, 1.807) is 0 Å². The maximum atomic E-state index is 4.83. The van der Waals surface area contributed by atoms with Crippen LogP contribution < -0.4 is 5.32 Å². The van der Waals surface area contributed by atoms with Crippen LogP contribution in [0.25, 0.3) is 0 Å². The molecule has 0 bridgehead atoms. The number of aliphatic imine (C=N–C) groups is 1. The van der Waals surface area contributed by atoms with E-state index in [2.05, 4.69) is 33.0 Å². The van der Waals surface area contributed by atoms with Gasteiger partial charge in [0.25, 0.3) is 0 Å². The summed E-state index contributed by atoms with van der Waals surface area (Å²) in [5, 5.41) is 4.85. The molecule has 1 aliphatic carbocycles. The Hall–Kier alpha value is -0.180. The van der Waals surface area contributed by atoms with Gasteiger partial charge in [0, 0.05) is 18.3 Å². The van der Waals surface area contributed by atoms with Gasteiger partial charge in [-0.1, -0.05) is 65.1 Å². The number of thioether (sulfide) groups is 1. The summed E-state index contributed by atoms with van der Waals surface area (Å²) >= 11 is 1.91. The first-order chi connectivity index (χ1) is 9.45. The van der Waals surface area contributed by atoms with Gasteiger partial charge in [0.2, 0.25) is 0 Å². The maximum absolute atomic E-state index is 4.83. The predicted molar refractivity (Wildman–Crippen MR) is 91.5 cm³/mol. The fourth-order valence-electron chi connectivity index (χ4n) is 3.24. The highest BCUT2D eigenvalue weighted by Crippen LogP contribution is 2.31. The summed E-state index contributed by atoms with van der Waals surface area (Å²) in [7, 11) is 0. The second kappa shape index (κ2) is 7.20. The lowest BCUT2D eigenvalue weighted by Gasteiger charge is -2.35. The summed E-state index contributed by atoms with van der Waals surface area (Å²) in [6, 6.07) is 0.582. The van der Waals surface area contributed by atoms with Crippen LogP contribution in [0.3, 0.4) is 0 Å². The summed E-state index contributed by atoms with van der Waals surface area (Å²) < 4.78 is 0. The van der Waals surface area contributed by atoms with Crippen LogP contribution in [0, 0.1) is 17.3 Å². The van der Waals surface area contributed by atoms with E-state index in [-0.39, 0.29) is 0 Å². The zero-order valence-corrected chi connectivity index (χ0v) is 14.6. The minimum atomic E-state index is 0.335. The molecule has 0 amide bonds. The van der Waals surface area contributed by atoms with E-state index >= 15 is 0 Å². The highest BCUT2D eigenvalue weighted by atomic mass is 32.2. The van der Waals surface area contributed by atoms with Crippen LogP contribution in [0.1, 0.15) is 66.2 Å². The number of amidine groups is 1. The lowest BCUT2D eigenvalue weighted by molar-refractivity contribution is 0.279. The molecule has 2 fully saturated rings. The van der Waals surface area contributed by atoms with Gasteiger partial charge >= 0.3 is 0 Å². The summed E-state index contributed by atoms with van der Waals surface area (Å²) in [6.07, 6.45) is 8.27. The molecule has 1 saturated heterocycles. The summed E-state index contributed by atoms with van der Waals surface area (Å²) in [6.45, 7) is 10.4. The van der Waals surface area contributed by atoms with Gasteiger partial charge in [-0.3, -0.25) is 4.99 Å². The smallest absolute Gasteiger partial charge is 0.156 e. The Kier molecular flexibility index (Phi) is 5.83. The van der Waals surface area contributed by atoms with Crippen molar-refractivity contribution < 1.29 is 0 Å². The zero-order chi connectivity index (χ0) is 14.6. The van der Waals surface area contributed by atoms with E-state index in [0.717, 1.165) is 18.4 Å². The molecule has 0 spiro atoms. The van der Waals surface area contributed by atoms with Gasteiger partial charge in [0.15, 0.2) is 5.17 Å². The largest absolute Gasteiger partial charge is 0.362 e. The lowest BCUT2D eigenvalue weighted by atomic mass is 9.81. The number of nitrogens with zero attached hydrogens (tertiary/aromatic N) is 1. The van der Waals surface area contributed by atoms with E-state index in [1.807, 2.05) is 11.8 Å². The molecule has 1 atom stereocenters. The van der Waals surface area contributed by atoms with Gasteiger partial charge < -0.3 is 5.32 Å². The summed E-state index contributed by atoms with van der Waals surface area (Å²) in [5.74, 6) is 3.11. The Bertz CT molecular complexity index is 324. The molecule has 0 radical (unpaired) electrons. The van der Waals surface area contributed by atoms with E-state index in [0.29, 0.717) is 11.5 Å². The van der Waals surface area contributed by atoms with Crippen molar-refractivity contribution in [3.63, 3.8) is 0 Å². The molecule has 1 aliphatic heterocycles. The predicted octanol–water partition coefficient (Wildman–Crippen LogP) is 4.70. The Morgan fingerprint density at radius 3 is 2.50 bits per heavy atom. The maximum Gasteiger partial charge on any atom is 0.156 e. The van der Waals surface area contributed by atoms with E-state index < -0.39 is 0 Å². The first-order valence-corrected chi connectivity index (χ1v) is 9.37. The van der Waals surface area contributed by atoms with Crippen LogP contribution in [0.15, 0.2) is 4.99 Å². The molecule has 1 heterocycles. The van der Waals surface area contributed by atoms with Crippen LogP contribution in [0.2, 0.25) is 0 Å². The Morgan fingerprint density at radius 2 is 1.85 bits per heavy atom. The number of rotatable bonds is 3. The summed E-state index contributed by atoms with van der Waals surface area (Å²) in [5.41, 5.74) is 0.335. The molecule has 2 nitrogen and oxygen atoms in total. The molecular formula is C17H32N2S. The minimum absolute atomic E-state index is 0.335. The van der Waals surface area contributed by atoms with Crippen LogP contribution in [-0.4, -0.2) is 23.5 Å². The molecule has 1 unspecified atom stereocenters. The van der Waals surface area contributed by atoms with Crippen LogP contribution in [0.4, 0.5) is 0 Å². The number of nitrogens with one attached hydrogen (secondary N) is 1. The highest BCUT2D eigenvalue weighted by Gasteiger charge is 2.28. The molecule has 2 rings (SSSR count). The van der Waals surface area contributed by atoms with Crippen molar-refractivity contribution in [1.82, 2.24) is 5.32 Å². The van der Waals surface area contributed by atoms with Gasteiger partial charge in [-0.25, -0.2) is 0 Å². The van der Waals surface area contributed by atoms with Crippen molar-refractivity contribution in [2.45, 2.75) is 72.3 Å². The molecule has 1 saturated carbocycles. The van der Waals surface area contributed by atoms with Crippen molar-refractivity contribution >= 4 is 16.9 Å². The topological polar surface area (TPSA) is 24.4 Å². The van der Waals surface area contributed by atoms with Crippen molar-refractivity contribution in [3.8, 4) is 0 Å². The SMILES string of the molecule is CC1CCC(CCN=C2NC(C(C)(C)C)CCS2)CC1. The Balaban J connectivity index is 1.74. The molecule has 3 heteroatoms. The number of hydrogen-bond donors (Lipinski definition) is 1. The standard InChI is InChI=1S/C17H32N2S/c1-13-5-7-14(8-6-13)9-11-18-16-19-15(10-12-20-16)17(2,3)4/h13-15H,5-12H2,1-4H3,(H,18,19). The lowest BCUT2D eigenvalue weighted by Crippen LogP contribution is -2.46. The number of hydrogen-bond acceptors (Lipinski definition) is 2. The second-order valence-electron chi connectivity index (χ2n) is 7.80. The first kappa shape index (κ1) is 16.2. The molecule has 0 aromatic heterocycles. The molecule has 2 aliphatic rings. The molecule has 116 valence electrons. The van der Waals surface area contributed by atoms with E-state index in [1.165, 1.54) is 49.4 Å². The second-order valence-corrected chi connectivity index (χ2v) is 8.89. The average Bonchev–Trinajstić information content (AvgIpc) is 2.40. The van der Waals surface area contributed by atoms with Crippen LogP contribution >= 0.6 is 11.8 Å². The highest BCUT2D eigenvalue weighted by molar-refractivity contribution is 8.13. The molecule has 0 aromatic rings. The van der Waals surface area contributed by atoms with Gasteiger partial charge in [-0.05, 0) is 30.1 Å². The van der Waals surface area contributed by atoms with Gasteiger partial charge in [0.1, 0.15) is 0 Å². The van der Waals surface area contributed by atoms with Crippen LogP contribution in [-0.2, 0) is 0 Å². The quantitative estimate of drug-likeness (QED) is 0.816. The monoisotopic (exact) mass is 296 g/mol. The van der Waals surface area contributed by atoms with Crippen molar-refractivity contribution in [2.24, 2.45) is 22.2 Å². The average molecular weight is 297 g/mol. The fourth-order valence-corrected chi connectivity index (χ4v) is 4.20. The van der Waals surface area contributed by atoms with Gasteiger partial charge in [0.05, 0.1) is 0 Å². The van der Waals surface area contributed by atoms with Gasteiger partial charge in [-0.15, -0.1) is 0 Å². The van der Waals surface area contributed by atoms with Crippen molar-refractivity contribution in [3.05, 3.63) is 0 Å². The zero-order valence-electron chi connectivity index (χ0n) is 13.7. The Labute approximate surface area is 129 Å². The first-order valence-electron chi connectivity index (χ1n) is 8.39. The molecule has 20 heavy (non-hydrogen) atoms. The normalized spacial score (nSPS) is 34.0. The van der Waals surface area contributed by atoms with Crippen molar-refractivity contribution in [1.29, 1.82) is 0 Å². The summed E-state index contributed by atoms with van der Waals surface area (Å²) in [4.78, 5) is 4.83. The third-order valence-corrected chi connectivity index (χ3v) is 5.88. The molecular weight excluding hydrogens is 264 g/mol. The van der Waals surface area contributed by atoms with Crippen LogP contribution in [0.5, 0.6) is 0 Å². The minimum Gasteiger partial charge on any atom is -0.362 e. The van der Waals surface area contributed by atoms with E-state index in [4.69, 9.17) is 4.99 Å². The van der Waals surface area contributed by atoms with Crippen molar-refractivity contribution in [2.75, 3.05) is 12.3 Å². The third-order valence-electron chi connectivity index (χ3n) is 4.92.